The minimum absolute atomic E-state index is 0.0844. The molecule has 2 N–H and O–H groups in total. The van der Waals surface area contributed by atoms with Crippen molar-refractivity contribution in [3.05, 3.63) is 48.0 Å². The summed E-state index contributed by atoms with van der Waals surface area (Å²) < 4.78 is 0. The van der Waals surface area contributed by atoms with E-state index in [1.165, 1.54) is 11.6 Å². The zero-order valence-corrected chi connectivity index (χ0v) is 11.2. The van der Waals surface area contributed by atoms with E-state index in [1.54, 1.807) is 23.9 Å². The summed E-state index contributed by atoms with van der Waals surface area (Å²) in [4.78, 5) is 2.02. The number of rotatable bonds is 3. The summed E-state index contributed by atoms with van der Waals surface area (Å²) in [6.45, 7) is 4.33. The van der Waals surface area contributed by atoms with Crippen molar-refractivity contribution in [3.8, 4) is 11.5 Å². The number of hydrogen-bond donors (Lipinski definition) is 2. The molecule has 3 heteroatoms. The van der Waals surface area contributed by atoms with Crippen molar-refractivity contribution in [2.45, 2.75) is 29.6 Å². The molecule has 0 aliphatic heterocycles. The van der Waals surface area contributed by atoms with Gasteiger partial charge in [0.1, 0.15) is 0 Å². The van der Waals surface area contributed by atoms with E-state index in [1.807, 2.05) is 0 Å². The number of phenolic OH excluding ortho intramolecular Hbond substituents is 2. The number of hydrogen-bond acceptors (Lipinski definition) is 3. The molecule has 0 fully saturated rings. The maximum absolute atomic E-state index is 9.43. The molecule has 0 aromatic heterocycles. The van der Waals surface area contributed by atoms with Crippen LogP contribution >= 0.6 is 11.8 Å². The molecule has 0 radical (unpaired) electrons. The Morgan fingerprint density at radius 1 is 0.833 bits per heavy atom. The lowest BCUT2D eigenvalue weighted by Crippen LogP contribution is -1.85. The lowest BCUT2D eigenvalue weighted by atomic mass is 10.0. The Hall–Kier alpha value is -1.61. The molecule has 0 spiro atoms. The van der Waals surface area contributed by atoms with Gasteiger partial charge in [-0.15, -0.1) is 0 Å². The summed E-state index contributed by atoms with van der Waals surface area (Å²) >= 11 is 1.56. The molecule has 0 atom stereocenters. The third-order valence-electron chi connectivity index (χ3n) is 2.73. The van der Waals surface area contributed by atoms with Crippen molar-refractivity contribution in [3.63, 3.8) is 0 Å². The molecule has 0 bridgehead atoms. The average molecular weight is 260 g/mol. The molecular weight excluding hydrogens is 244 g/mol. The highest BCUT2D eigenvalue weighted by atomic mass is 32.2. The molecule has 0 saturated carbocycles. The average Bonchev–Trinajstić information content (AvgIpc) is 2.34. The third-order valence-corrected chi connectivity index (χ3v) is 3.73. The van der Waals surface area contributed by atoms with E-state index in [2.05, 4.69) is 38.1 Å². The van der Waals surface area contributed by atoms with Crippen molar-refractivity contribution in [2.75, 3.05) is 0 Å². The van der Waals surface area contributed by atoms with E-state index in [0.29, 0.717) is 5.92 Å². The maximum atomic E-state index is 9.43. The van der Waals surface area contributed by atoms with Gasteiger partial charge in [0.25, 0.3) is 0 Å². The Balaban J connectivity index is 2.15. The van der Waals surface area contributed by atoms with E-state index >= 15 is 0 Å². The van der Waals surface area contributed by atoms with Gasteiger partial charge in [-0.05, 0) is 41.8 Å². The fourth-order valence-electron chi connectivity index (χ4n) is 1.62. The molecule has 0 saturated heterocycles. The first-order valence-corrected chi connectivity index (χ1v) is 6.67. The second kappa shape index (κ2) is 5.36. The monoisotopic (exact) mass is 260 g/mol. The minimum atomic E-state index is -0.0884. The first-order chi connectivity index (χ1) is 8.56. The van der Waals surface area contributed by atoms with Gasteiger partial charge < -0.3 is 10.2 Å². The lowest BCUT2D eigenvalue weighted by molar-refractivity contribution is 0.402. The second-order valence-electron chi connectivity index (χ2n) is 4.48. The fourth-order valence-corrected chi connectivity index (χ4v) is 2.47. The normalized spacial score (nSPS) is 10.8. The van der Waals surface area contributed by atoms with Crippen molar-refractivity contribution in [1.29, 1.82) is 0 Å². The molecule has 94 valence electrons. The zero-order chi connectivity index (χ0) is 13.1. The van der Waals surface area contributed by atoms with Crippen LogP contribution in [-0.4, -0.2) is 10.2 Å². The molecule has 0 unspecified atom stereocenters. The van der Waals surface area contributed by atoms with Crippen LogP contribution in [0.2, 0.25) is 0 Å². The van der Waals surface area contributed by atoms with Gasteiger partial charge >= 0.3 is 0 Å². The summed E-state index contributed by atoms with van der Waals surface area (Å²) in [5.41, 5.74) is 1.31. The summed E-state index contributed by atoms with van der Waals surface area (Å²) in [7, 11) is 0. The van der Waals surface area contributed by atoms with Gasteiger partial charge in [-0.1, -0.05) is 37.7 Å². The zero-order valence-electron chi connectivity index (χ0n) is 10.4. The molecule has 0 heterocycles. The minimum Gasteiger partial charge on any atom is -0.504 e. The summed E-state index contributed by atoms with van der Waals surface area (Å²) in [6, 6.07) is 13.2. The SMILES string of the molecule is CC(C)c1ccc(Sc2ccc(O)c(O)c2)cc1. The van der Waals surface area contributed by atoms with Gasteiger partial charge in [-0.3, -0.25) is 0 Å². The van der Waals surface area contributed by atoms with Gasteiger partial charge in [0.15, 0.2) is 11.5 Å². The van der Waals surface area contributed by atoms with Crippen molar-refractivity contribution < 1.29 is 10.2 Å². The number of aromatic hydroxyl groups is 2. The predicted octanol–water partition coefficient (Wildman–Crippen LogP) is 4.37. The third kappa shape index (κ3) is 2.99. The van der Waals surface area contributed by atoms with E-state index in [-0.39, 0.29) is 11.5 Å². The molecule has 2 rings (SSSR count). The maximum Gasteiger partial charge on any atom is 0.158 e. The van der Waals surface area contributed by atoms with Crippen LogP contribution in [-0.2, 0) is 0 Å². The van der Waals surface area contributed by atoms with Gasteiger partial charge in [0.05, 0.1) is 0 Å². The summed E-state index contributed by atoms with van der Waals surface area (Å²) in [5, 5.41) is 18.7. The van der Waals surface area contributed by atoms with Gasteiger partial charge in [0.2, 0.25) is 0 Å². The van der Waals surface area contributed by atoms with Crippen LogP contribution in [0.15, 0.2) is 52.3 Å². The van der Waals surface area contributed by atoms with Gasteiger partial charge in [-0.25, -0.2) is 0 Å². The number of benzene rings is 2. The van der Waals surface area contributed by atoms with Crippen LogP contribution in [0.5, 0.6) is 11.5 Å². The van der Waals surface area contributed by atoms with Gasteiger partial charge in [-0.2, -0.15) is 0 Å². The molecule has 18 heavy (non-hydrogen) atoms. The highest BCUT2D eigenvalue weighted by Gasteiger charge is 2.03. The molecule has 2 nitrogen and oxygen atoms in total. The van der Waals surface area contributed by atoms with E-state index in [9.17, 15) is 10.2 Å². The Bertz CT molecular complexity index is 533. The lowest BCUT2D eigenvalue weighted by Gasteiger charge is -2.07. The number of phenols is 2. The smallest absolute Gasteiger partial charge is 0.158 e. The largest absolute Gasteiger partial charge is 0.504 e. The summed E-state index contributed by atoms with van der Waals surface area (Å²) in [6.07, 6.45) is 0. The van der Waals surface area contributed by atoms with E-state index in [0.717, 1.165) is 9.79 Å². The highest BCUT2D eigenvalue weighted by Crippen LogP contribution is 2.34. The quantitative estimate of drug-likeness (QED) is 0.805. The van der Waals surface area contributed by atoms with E-state index < -0.39 is 0 Å². The standard InChI is InChI=1S/C15H16O2S/c1-10(2)11-3-5-12(6-4-11)18-13-7-8-14(16)15(17)9-13/h3-10,16-17H,1-2H3. The predicted molar refractivity (Wildman–Crippen MR) is 74.4 cm³/mol. The molecular formula is C15H16O2S. The van der Waals surface area contributed by atoms with Gasteiger partial charge in [0, 0.05) is 9.79 Å². The van der Waals surface area contributed by atoms with Crippen molar-refractivity contribution in [1.82, 2.24) is 0 Å². The van der Waals surface area contributed by atoms with Crippen LogP contribution in [0.4, 0.5) is 0 Å². The molecule has 0 amide bonds. The van der Waals surface area contributed by atoms with E-state index in [4.69, 9.17) is 0 Å². The Morgan fingerprint density at radius 3 is 2.00 bits per heavy atom. The highest BCUT2D eigenvalue weighted by molar-refractivity contribution is 7.99. The Kier molecular flexibility index (Phi) is 3.82. The van der Waals surface area contributed by atoms with Crippen LogP contribution in [0.3, 0.4) is 0 Å². The van der Waals surface area contributed by atoms with Crippen molar-refractivity contribution >= 4 is 11.8 Å². The van der Waals surface area contributed by atoms with Crippen LogP contribution in [0.1, 0.15) is 25.3 Å². The Morgan fingerprint density at radius 2 is 1.44 bits per heavy atom. The van der Waals surface area contributed by atoms with Crippen molar-refractivity contribution in [2.24, 2.45) is 0 Å². The molecule has 2 aromatic rings. The molecule has 0 aliphatic rings. The fraction of sp³-hybridized carbons (Fsp3) is 0.200. The topological polar surface area (TPSA) is 40.5 Å². The molecule has 0 aliphatic carbocycles. The van der Waals surface area contributed by atoms with Crippen LogP contribution < -0.4 is 0 Å². The van der Waals surface area contributed by atoms with Crippen LogP contribution in [0, 0.1) is 0 Å². The first kappa shape index (κ1) is 12.8. The summed E-state index contributed by atoms with van der Waals surface area (Å²) in [5.74, 6) is 0.357. The Labute approximate surface area is 111 Å². The second-order valence-corrected chi connectivity index (χ2v) is 5.62. The molecule has 2 aromatic carbocycles. The first-order valence-electron chi connectivity index (χ1n) is 5.86. The van der Waals surface area contributed by atoms with Crippen LogP contribution in [0.25, 0.3) is 0 Å².